The van der Waals surface area contributed by atoms with E-state index in [1.54, 1.807) is 12.1 Å². The Labute approximate surface area is 164 Å². The number of carbonyl (C=O) groups is 1. The Hall–Kier alpha value is -2.49. The maximum Gasteiger partial charge on any atom is 0.304 e. The molecule has 3 aromatic rings. The van der Waals surface area contributed by atoms with Crippen LogP contribution in [0, 0.1) is 17.1 Å². The summed E-state index contributed by atoms with van der Waals surface area (Å²) < 4.78 is 16.0. The number of benzene rings is 2. The number of halogens is 2. The van der Waals surface area contributed by atoms with Crippen LogP contribution in [0.4, 0.5) is 4.39 Å². The standard InChI is InChI=1S/C20H14ClFN2O2S/c21-13-1-3-15(4-2-13)27-20-18-12(10-23)7-14(22)9-16(18)24-6-5-11(19(20)24)8-17(25)26/h1-4,7,9,11H,5-6,8H2,(H,25,26). The fraction of sp³-hybridized carbons (Fsp3) is 0.200. The summed E-state index contributed by atoms with van der Waals surface area (Å²) in [5.41, 5.74) is 1.78. The van der Waals surface area contributed by atoms with Gasteiger partial charge in [-0.2, -0.15) is 5.26 Å². The van der Waals surface area contributed by atoms with E-state index in [1.807, 2.05) is 16.7 Å². The molecule has 0 saturated carbocycles. The summed E-state index contributed by atoms with van der Waals surface area (Å²) in [7, 11) is 0. The molecule has 0 bridgehead atoms. The minimum absolute atomic E-state index is 0.00880. The van der Waals surface area contributed by atoms with Crippen LogP contribution in [-0.2, 0) is 11.3 Å². The molecule has 1 aromatic heterocycles. The number of aromatic nitrogens is 1. The van der Waals surface area contributed by atoms with E-state index in [1.165, 1.54) is 23.9 Å². The van der Waals surface area contributed by atoms with Crippen LogP contribution in [0.1, 0.15) is 30.0 Å². The molecule has 4 nitrogen and oxygen atoms in total. The van der Waals surface area contributed by atoms with Crippen LogP contribution in [0.2, 0.25) is 5.02 Å². The molecular formula is C20H14ClFN2O2S. The van der Waals surface area contributed by atoms with Gasteiger partial charge < -0.3 is 9.67 Å². The third-order valence-corrected chi connectivity index (χ3v) is 6.16. The average Bonchev–Trinajstić information content (AvgIpc) is 3.16. The number of nitriles is 1. The average molecular weight is 401 g/mol. The number of carboxylic acids is 1. The molecule has 0 spiro atoms. The minimum Gasteiger partial charge on any atom is -0.481 e. The highest BCUT2D eigenvalue weighted by Gasteiger charge is 2.32. The van der Waals surface area contributed by atoms with E-state index in [2.05, 4.69) is 6.07 Å². The first-order chi connectivity index (χ1) is 13.0. The number of hydrogen-bond acceptors (Lipinski definition) is 3. The molecule has 0 aliphatic carbocycles. The molecule has 4 rings (SSSR count). The van der Waals surface area contributed by atoms with E-state index in [-0.39, 0.29) is 17.9 Å². The molecule has 1 atom stereocenters. The lowest BCUT2D eigenvalue weighted by atomic mass is 9.99. The molecular weight excluding hydrogens is 387 g/mol. The van der Waals surface area contributed by atoms with Crippen LogP contribution in [0.15, 0.2) is 46.2 Å². The van der Waals surface area contributed by atoms with E-state index in [0.717, 1.165) is 15.5 Å². The highest BCUT2D eigenvalue weighted by atomic mass is 35.5. The Morgan fingerprint density at radius 3 is 2.78 bits per heavy atom. The van der Waals surface area contributed by atoms with E-state index in [0.29, 0.717) is 28.9 Å². The zero-order valence-electron chi connectivity index (χ0n) is 14.1. The maximum absolute atomic E-state index is 14.1. The number of hydrogen-bond donors (Lipinski definition) is 1. The summed E-state index contributed by atoms with van der Waals surface area (Å²) in [6, 6.07) is 12.1. The molecule has 1 aliphatic rings. The molecule has 2 aromatic carbocycles. The SMILES string of the molecule is N#Cc1cc(F)cc2c1c(Sc1ccc(Cl)cc1)c1n2CCC1CC(=O)O. The largest absolute Gasteiger partial charge is 0.481 e. The maximum atomic E-state index is 14.1. The van der Waals surface area contributed by atoms with Gasteiger partial charge in [-0.15, -0.1) is 0 Å². The van der Waals surface area contributed by atoms with Gasteiger partial charge >= 0.3 is 5.97 Å². The van der Waals surface area contributed by atoms with Crippen molar-refractivity contribution in [2.75, 3.05) is 0 Å². The molecule has 0 saturated heterocycles. The Bertz CT molecular complexity index is 1100. The number of rotatable bonds is 4. The summed E-state index contributed by atoms with van der Waals surface area (Å²) in [5.74, 6) is -1.50. The highest BCUT2D eigenvalue weighted by molar-refractivity contribution is 7.99. The predicted molar refractivity (Wildman–Crippen MR) is 102 cm³/mol. The molecule has 136 valence electrons. The summed E-state index contributed by atoms with van der Waals surface area (Å²) in [6.07, 6.45) is 0.693. The summed E-state index contributed by atoms with van der Waals surface area (Å²) in [4.78, 5) is 13.1. The molecule has 0 radical (unpaired) electrons. The number of carboxylic acid groups (broad SMARTS) is 1. The van der Waals surface area contributed by atoms with E-state index < -0.39 is 11.8 Å². The van der Waals surface area contributed by atoms with E-state index in [9.17, 15) is 19.6 Å². The number of nitrogens with zero attached hydrogens (tertiary/aromatic N) is 2. The fourth-order valence-electron chi connectivity index (χ4n) is 3.71. The second-order valence-corrected chi connectivity index (χ2v) is 7.98. The van der Waals surface area contributed by atoms with Crippen molar-refractivity contribution >= 4 is 40.2 Å². The Kier molecular flexibility index (Phi) is 4.58. The topological polar surface area (TPSA) is 66.0 Å². The van der Waals surface area contributed by atoms with Gasteiger partial charge in [0.05, 0.1) is 23.6 Å². The molecule has 1 aliphatic heterocycles. The zero-order valence-corrected chi connectivity index (χ0v) is 15.6. The molecule has 27 heavy (non-hydrogen) atoms. The van der Waals surface area contributed by atoms with Gasteiger partial charge in [0.15, 0.2) is 0 Å². The minimum atomic E-state index is -0.868. The third kappa shape index (κ3) is 3.18. The van der Waals surface area contributed by atoms with Crippen molar-refractivity contribution in [3.05, 3.63) is 58.5 Å². The van der Waals surface area contributed by atoms with Crippen LogP contribution in [0.5, 0.6) is 0 Å². The van der Waals surface area contributed by atoms with Crippen molar-refractivity contribution in [1.82, 2.24) is 4.57 Å². The van der Waals surface area contributed by atoms with Crippen molar-refractivity contribution in [3.8, 4) is 6.07 Å². The van der Waals surface area contributed by atoms with E-state index in [4.69, 9.17) is 11.6 Å². The second kappa shape index (κ2) is 6.91. The molecule has 7 heteroatoms. The second-order valence-electron chi connectivity index (χ2n) is 6.46. The van der Waals surface area contributed by atoms with Gasteiger partial charge in [0, 0.05) is 38.4 Å². The van der Waals surface area contributed by atoms with Crippen molar-refractivity contribution in [1.29, 1.82) is 5.26 Å². The van der Waals surface area contributed by atoms with Crippen LogP contribution in [0.3, 0.4) is 0 Å². The molecule has 0 amide bonds. The van der Waals surface area contributed by atoms with Crippen LogP contribution in [-0.4, -0.2) is 15.6 Å². The van der Waals surface area contributed by atoms with Crippen molar-refractivity contribution < 1.29 is 14.3 Å². The molecule has 2 heterocycles. The monoisotopic (exact) mass is 400 g/mol. The van der Waals surface area contributed by atoms with Gasteiger partial charge in [-0.1, -0.05) is 23.4 Å². The van der Waals surface area contributed by atoms with Gasteiger partial charge in [0.2, 0.25) is 0 Å². The number of aryl methyl sites for hydroxylation is 1. The van der Waals surface area contributed by atoms with Crippen molar-refractivity contribution in [2.24, 2.45) is 0 Å². The normalized spacial score (nSPS) is 15.7. The van der Waals surface area contributed by atoms with Gasteiger partial charge in [-0.3, -0.25) is 4.79 Å². The smallest absolute Gasteiger partial charge is 0.304 e. The van der Waals surface area contributed by atoms with Crippen LogP contribution >= 0.6 is 23.4 Å². The molecule has 1 unspecified atom stereocenters. The summed E-state index contributed by atoms with van der Waals surface area (Å²) >= 11 is 7.42. The first-order valence-electron chi connectivity index (χ1n) is 8.39. The number of aliphatic carboxylic acids is 1. The fourth-order valence-corrected chi connectivity index (χ4v) is 5.05. The first kappa shape index (κ1) is 17.9. The molecule has 1 N–H and O–H groups in total. The van der Waals surface area contributed by atoms with Gasteiger partial charge in [-0.05, 0) is 42.8 Å². The van der Waals surface area contributed by atoms with E-state index >= 15 is 0 Å². The van der Waals surface area contributed by atoms with Gasteiger partial charge in [0.25, 0.3) is 0 Å². The Balaban J connectivity index is 1.95. The van der Waals surface area contributed by atoms with Gasteiger partial charge in [-0.25, -0.2) is 4.39 Å². The summed E-state index contributed by atoms with van der Waals surface area (Å²) in [6.45, 7) is 0.610. The highest BCUT2D eigenvalue weighted by Crippen LogP contribution is 2.47. The predicted octanol–water partition coefficient (Wildman–Crippen LogP) is 5.42. The van der Waals surface area contributed by atoms with Crippen LogP contribution in [0.25, 0.3) is 10.9 Å². The van der Waals surface area contributed by atoms with Crippen molar-refractivity contribution in [3.63, 3.8) is 0 Å². The lowest BCUT2D eigenvalue weighted by molar-refractivity contribution is -0.137. The van der Waals surface area contributed by atoms with Crippen LogP contribution < -0.4 is 0 Å². The van der Waals surface area contributed by atoms with Gasteiger partial charge in [0.1, 0.15) is 5.82 Å². The molecule has 0 fully saturated rings. The lowest BCUT2D eigenvalue weighted by Crippen LogP contribution is -2.04. The zero-order chi connectivity index (χ0) is 19.1. The lowest BCUT2D eigenvalue weighted by Gasteiger charge is -2.10. The number of fused-ring (bicyclic) bond motifs is 3. The van der Waals surface area contributed by atoms with Crippen molar-refractivity contribution in [2.45, 2.75) is 35.1 Å². The Morgan fingerprint density at radius 2 is 2.11 bits per heavy atom. The first-order valence-corrected chi connectivity index (χ1v) is 9.58. The Morgan fingerprint density at radius 1 is 1.37 bits per heavy atom. The third-order valence-electron chi connectivity index (χ3n) is 4.79. The quantitative estimate of drug-likeness (QED) is 0.635. The summed E-state index contributed by atoms with van der Waals surface area (Å²) in [5, 5.41) is 20.1.